The van der Waals surface area contributed by atoms with Crippen molar-refractivity contribution in [1.82, 2.24) is 0 Å². The lowest BCUT2D eigenvalue weighted by Gasteiger charge is -2.15. The highest BCUT2D eigenvalue weighted by atomic mass is 19.4. The number of alkyl halides is 3. The smallest absolute Gasteiger partial charge is 0.371 e. The second-order valence-corrected chi connectivity index (χ2v) is 2.47. The van der Waals surface area contributed by atoms with Gasteiger partial charge in [0.25, 0.3) is 0 Å². The molecule has 1 heterocycles. The number of halogens is 3. The Hall–Kier alpha value is -0.290. The van der Waals surface area contributed by atoms with Crippen molar-refractivity contribution < 1.29 is 22.6 Å². The van der Waals surface area contributed by atoms with Crippen molar-refractivity contribution in [2.24, 2.45) is 0 Å². The maximum atomic E-state index is 11.8. The second kappa shape index (κ2) is 2.98. The normalized spacial score (nSPS) is 26.7. The van der Waals surface area contributed by atoms with Crippen LogP contribution < -0.4 is 0 Å². The van der Waals surface area contributed by atoms with Gasteiger partial charge in [0.2, 0.25) is 0 Å². The first-order chi connectivity index (χ1) is 5.00. The predicted molar refractivity (Wildman–Crippen MR) is 31.2 cm³/mol. The zero-order valence-corrected chi connectivity index (χ0v) is 6.02. The minimum Gasteiger partial charge on any atom is -0.371 e. The van der Waals surface area contributed by atoms with E-state index in [0.717, 1.165) is 6.92 Å². The quantitative estimate of drug-likeness (QED) is 0.596. The van der Waals surface area contributed by atoms with Gasteiger partial charge in [-0.05, 0) is 6.92 Å². The van der Waals surface area contributed by atoms with Gasteiger partial charge >= 0.3 is 6.18 Å². The molecule has 1 aliphatic heterocycles. The molecule has 0 aromatic carbocycles. The number of hydrogen-bond donors (Lipinski definition) is 0. The van der Waals surface area contributed by atoms with Gasteiger partial charge in [0, 0.05) is 0 Å². The van der Waals surface area contributed by atoms with Gasteiger partial charge in [-0.15, -0.1) is 0 Å². The fraction of sp³-hybridized carbons (Fsp3) is 1.00. The zero-order chi connectivity index (χ0) is 8.48. The average molecular weight is 170 g/mol. The molecule has 2 unspecified atom stereocenters. The largest absolute Gasteiger partial charge is 0.414 e. The van der Waals surface area contributed by atoms with E-state index in [1.165, 1.54) is 0 Å². The molecule has 0 aromatic heterocycles. The summed E-state index contributed by atoms with van der Waals surface area (Å²) in [5, 5.41) is 0. The minimum atomic E-state index is -4.26. The maximum Gasteiger partial charge on any atom is 0.414 e. The van der Waals surface area contributed by atoms with Gasteiger partial charge in [-0.2, -0.15) is 13.2 Å². The van der Waals surface area contributed by atoms with Gasteiger partial charge < -0.3 is 9.47 Å². The topological polar surface area (TPSA) is 21.8 Å². The molecule has 11 heavy (non-hydrogen) atoms. The molecule has 66 valence electrons. The first-order valence-corrected chi connectivity index (χ1v) is 3.30. The fourth-order valence-electron chi connectivity index (χ4n) is 0.510. The summed E-state index contributed by atoms with van der Waals surface area (Å²) in [6, 6.07) is 0. The highest BCUT2D eigenvalue weighted by Gasteiger charge is 2.38. The monoisotopic (exact) mass is 170 g/mol. The average Bonchev–Trinajstić information content (AvgIpc) is 2.62. The van der Waals surface area contributed by atoms with Gasteiger partial charge in [0.1, 0.15) is 6.10 Å². The molecule has 1 rings (SSSR count). The summed E-state index contributed by atoms with van der Waals surface area (Å²) >= 11 is 0. The minimum absolute atomic E-state index is 0.0423. The lowest BCUT2D eigenvalue weighted by Crippen LogP contribution is -2.29. The van der Waals surface area contributed by atoms with Crippen molar-refractivity contribution in [3.05, 3.63) is 0 Å². The van der Waals surface area contributed by atoms with E-state index in [1.807, 2.05) is 0 Å². The summed E-state index contributed by atoms with van der Waals surface area (Å²) in [7, 11) is 0. The van der Waals surface area contributed by atoms with E-state index >= 15 is 0 Å². The van der Waals surface area contributed by atoms with E-state index in [2.05, 4.69) is 9.47 Å². The molecule has 5 heteroatoms. The van der Waals surface area contributed by atoms with Gasteiger partial charge in [-0.25, -0.2) is 0 Å². The SMILES string of the molecule is CC(OCC1CO1)C(F)(F)F. The Labute approximate surface area is 62.3 Å². The first-order valence-electron chi connectivity index (χ1n) is 3.30. The zero-order valence-electron chi connectivity index (χ0n) is 6.02. The van der Waals surface area contributed by atoms with Crippen LogP contribution in [0.2, 0.25) is 0 Å². The van der Waals surface area contributed by atoms with E-state index in [0.29, 0.717) is 6.61 Å². The molecule has 0 saturated carbocycles. The number of hydrogen-bond acceptors (Lipinski definition) is 2. The van der Waals surface area contributed by atoms with Crippen LogP contribution in [-0.4, -0.2) is 31.6 Å². The van der Waals surface area contributed by atoms with E-state index in [9.17, 15) is 13.2 Å². The third-order valence-corrected chi connectivity index (χ3v) is 1.40. The lowest BCUT2D eigenvalue weighted by molar-refractivity contribution is -0.214. The molecule has 0 radical (unpaired) electrons. The standard InChI is InChI=1S/C6H9F3O2/c1-4(6(7,8)9)10-2-5-3-11-5/h4-5H,2-3H2,1H3. The van der Waals surface area contributed by atoms with E-state index < -0.39 is 12.3 Å². The van der Waals surface area contributed by atoms with Crippen molar-refractivity contribution >= 4 is 0 Å². The third kappa shape index (κ3) is 3.07. The molecular weight excluding hydrogens is 161 g/mol. The maximum absolute atomic E-state index is 11.8. The van der Waals surface area contributed by atoms with Crippen molar-refractivity contribution in [1.29, 1.82) is 0 Å². The van der Waals surface area contributed by atoms with Crippen LogP contribution in [0.4, 0.5) is 13.2 Å². The molecule has 0 N–H and O–H groups in total. The predicted octanol–water partition coefficient (Wildman–Crippen LogP) is 1.35. The Morgan fingerprint density at radius 3 is 2.55 bits per heavy atom. The Morgan fingerprint density at radius 1 is 1.64 bits per heavy atom. The van der Waals surface area contributed by atoms with Crippen LogP contribution in [0.3, 0.4) is 0 Å². The highest BCUT2D eigenvalue weighted by Crippen LogP contribution is 2.23. The van der Waals surface area contributed by atoms with Crippen molar-refractivity contribution in [2.45, 2.75) is 25.3 Å². The van der Waals surface area contributed by atoms with Crippen LogP contribution in [0.1, 0.15) is 6.92 Å². The number of epoxide rings is 1. The molecule has 1 aliphatic rings. The number of rotatable bonds is 3. The van der Waals surface area contributed by atoms with Crippen LogP contribution in [0, 0.1) is 0 Å². The van der Waals surface area contributed by atoms with Crippen molar-refractivity contribution in [2.75, 3.05) is 13.2 Å². The third-order valence-electron chi connectivity index (χ3n) is 1.40. The van der Waals surface area contributed by atoms with Gasteiger partial charge in [0.05, 0.1) is 13.2 Å². The van der Waals surface area contributed by atoms with Crippen LogP contribution in [0.5, 0.6) is 0 Å². The Balaban J connectivity index is 2.13. The van der Waals surface area contributed by atoms with E-state index in [1.54, 1.807) is 0 Å². The lowest BCUT2D eigenvalue weighted by atomic mass is 10.4. The number of ether oxygens (including phenoxy) is 2. The molecule has 1 fully saturated rings. The van der Waals surface area contributed by atoms with Crippen LogP contribution in [0.15, 0.2) is 0 Å². The Morgan fingerprint density at radius 2 is 2.18 bits per heavy atom. The Kier molecular flexibility index (Phi) is 2.39. The molecule has 0 aromatic rings. The fourth-order valence-corrected chi connectivity index (χ4v) is 0.510. The summed E-state index contributed by atoms with van der Waals surface area (Å²) in [6.07, 6.45) is -6.05. The summed E-state index contributed by atoms with van der Waals surface area (Å²) in [6.45, 7) is 1.55. The summed E-state index contributed by atoms with van der Waals surface area (Å²) in [4.78, 5) is 0. The molecule has 2 nitrogen and oxygen atoms in total. The van der Waals surface area contributed by atoms with Gasteiger partial charge in [-0.1, -0.05) is 0 Å². The molecule has 2 atom stereocenters. The molecule has 0 aliphatic carbocycles. The van der Waals surface area contributed by atoms with E-state index in [4.69, 9.17) is 0 Å². The second-order valence-electron chi connectivity index (χ2n) is 2.47. The van der Waals surface area contributed by atoms with Crippen molar-refractivity contribution in [3.8, 4) is 0 Å². The van der Waals surface area contributed by atoms with Crippen LogP contribution in [0.25, 0.3) is 0 Å². The van der Waals surface area contributed by atoms with Crippen LogP contribution in [-0.2, 0) is 9.47 Å². The summed E-state index contributed by atoms with van der Waals surface area (Å²) in [5.41, 5.74) is 0. The van der Waals surface area contributed by atoms with Gasteiger partial charge in [0.15, 0.2) is 6.10 Å². The molecule has 0 spiro atoms. The Bertz CT molecular complexity index is 130. The molecular formula is C6H9F3O2. The highest BCUT2D eigenvalue weighted by molar-refractivity contribution is 4.70. The van der Waals surface area contributed by atoms with Gasteiger partial charge in [-0.3, -0.25) is 0 Å². The summed E-state index contributed by atoms with van der Waals surface area (Å²) in [5.74, 6) is 0. The molecule has 1 saturated heterocycles. The van der Waals surface area contributed by atoms with Crippen LogP contribution >= 0.6 is 0 Å². The molecule has 0 amide bonds. The van der Waals surface area contributed by atoms with E-state index in [-0.39, 0.29) is 12.7 Å². The molecule has 0 bridgehead atoms. The van der Waals surface area contributed by atoms with Crippen molar-refractivity contribution in [3.63, 3.8) is 0 Å². The first kappa shape index (κ1) is 8.80. The summed E-state index contributed by atoms with van der Waals surface area (Å²) < 4.78 is 44.4.